The van der Waals surface area contributed by atoms with E-state index in [1.54, 1.807) is 6.07 Å². The number of carbonyl (C=O) groups excluding carboxylic acids is 1. The smallest absolute Gasteiger partial charge is 0.271 e. The Labute approximate surface area is 120 Å². The number of hydrogen-bond acceptors (Lipinski definition) is 3. The van der Waals surface area contributed by atoms with Gasteiger partial charge in [-0.05, 0) is 31.4 Å². The first-order valence-corrected chi connectivity index (χ1v) is 6.71. The van der Waals surface area contributed by atoms with Crippen molar-refractivity contribution in [3.63, 3.8) is 0 Å². The third-order valence-electron chi connectivity index (χ3n) is 3.16. The van der Waals surface area contributed by atoms with Gasteiger partial charge in [-0.2, -0.15) is 5.10 Å². The number of aromatic nitrogens is 2. The van der Waals surface area contributed by atoms with E-state index in [1.807, 2.05) is 10.9 Å². The summed E-state index contributed by atoms with van der Waals surface area (Å²) in [4.78, 5) is 11.8. The molecule has 6 heteroatoms. The van der Waals surface area contributed by atoms with Gasteiger partial charge in [0.2, 0.25) is 0 Å². The molecule has 1 fully saturated rings. The Kier molecular flexibility index (Phi) is 6.31. The monoisotopic (exact) mass is 286 g/mol. The number of hydrogen-bond donors (Lipinski definition) is 2. The molecule has 0 bridgehead atoms. The summed E-state index contributed by atoms with van der Waals surface area (Å²) in [6.07, 6.45) is 4.20. The summed E-state index contributed by atoms with van der Waals surface area (Å²) in [5.74, 6) is 0.379. The lowest BCUT2D eigenvalue weighted by Crippen LogP contribution is -2.32. The molecule has 1 aliphatic rings. The van der Waals surface area contributed by atoms with Gasteiger partial charge < -0.3 is 10.6 Å². The van der Waals surface area contributed by atoms with E-state index in [-0.39, 0.29) is 18.3 Å². The van der Waals surface area contributed by atoms with Crippen molar-refractivity contribution in [3.8, 4) is 0 Å². The molecule has 5 nitrogen and oxygen atoms in total. The third-order valence-corrected chi connectivity index (χ3v) is 3.16. The lowest BCUT2D eigenvalue weighted by atomic mass is 10.1. The first kappa shape index (κ1) is 16.0. The van der Waals surface area contributed by atoms with E-state index in [0.29, 0.717) is 24.2 Å². The largest absolute Gasteiger partial charge is 0.350 e. The van der Waals surface area contributed by atoms with Crippen molar-refractivity contribution in [2.75, 3.05) is 19.6 Å². The van der Waals surface area contributed by atoms with Gasteiger partial charge in [-0.25, -0.2) is 0 Å². The maximum Gasteiger partial charge on any atom is 0.271 e. The number of nitrogens with one attached hydrogen (secondary N) is 2. The fourth-order valence-corrected chi connectivity index (χ4v) is 2.11. The van der Waals surface area contributed by atoms with Crippen LogP contribution < -0.4 is 10.6 Å². The first-order valence-electron chi connectivity index (χ1n) is 6.71. The van der Waals surface area contributed by atoms with E-state index < -0.39 is 0 Å². The van der Waals surface area contributed by atoms with E-state index in [0.717, 1.165) is 19.5 Å². The zero-order valence-electron chi connectivity index (χ0n) is 11.6. The van der Waals surface area contributed by atoms with Crippen molar-refractivity contribution >= 4 is 18.3 Å². The topological polar surface area (TPSA) is 59.0 Å². The fourth-order valence-electron chi connectivity index (χ4n) is 2.11. The van der Waals surface area contributed by atoms with Gasteiger partial charge in [-0.1, -0.05) is 13.8 Å². The average molecular weight is 287 g/mol. The Morgan fingerprint density at radius 2 is 2.42 bits per heavy atom. The summed E-state index contributed by atoms with van der Waals surface area (Å²) in [7, 11) is 0. The molecule has 108 valence electrons. The number of piperidine rings is 1. The SMILES string of the molecule is CC(C)CNC(=O)c1ccn(C2CCCNC2)n1.Cl. The quantitative estimate of drug-likeness (QED) is 0.884. The molecule has 0 spiro atoms. The van der Waals surface area contributed by atoms with Crippen LogP contribution in [0.1, 0.15) is 43.2 Å². The summed E-state index contributed by atoms with van der Waals surface area (Å²) in [6.45, 7) is 6.87. The maximum atomic E-state index is 11.8. The van der Waals surface area contributed by atoms with Crippen LogP contribution in [0, 0.1) is 5.92 Å². The minimum atomic E-state index is -0.0776. The molecular weight excluding hydrogens is 264 g/mol. The minimum Gasteiger partial charge on any atom is -0.350 e. The number of nitrogens with zero attached hydrogens (tertiary/aromatic N) is 2. The molecule has 1 aromatic rings. The molecule has 2 rings (SSSR count). The summed E-state index contributed by atoms with van der Waals surface area (Å²) >= 11 is 0. The summed E-state index contributed by atoms with van der Waals surface area (Å²) in [6, 6.07) is 2.18. The molecule has 1 aromatic heterocycles. The van der Waals surface area contributed by atoms with Crippen LogP contribution >= 0.6 is 12.4 Å². The van der Waals surface area contributed by atoms with Crippen LogP contribution in [0.15, 0.2) is 12.3 Å². The molecule has 2 N–H and O–H groups in total. The van der Waals surface area contributed by atoms with Crippen molar-refractivity contribution in [2.24, 2.45) is 5.92 Å². The summed E-state index contributed by atoms with van der Waals surface area (Å²) in [5, 5.41) is 10.6. The van der Waals surface area contributed by atoms with Crippen LogP contribution in [0.25, 0.3) is 0 Å². The van der Waals surface area contributed by atoms with E-state index in [1.165, 1.54) is 6.42 Å². The van der Waals surface area contributed by atoms with Crippen LogP contribution in [0.2, 0.25) is 0 Å². The first-order chi connectivity index (χ1) is 8.66. The molecule has 0 saturated carbocycles. The van der Waals surface area contributed by atoms with Crippen LogP contribution in [0.5, 0.6) is 0 Å². The predicted molar refractivity (Wildman–Crippen MR) is 77.8 cm³/mol. The van der Waals surface area contributed by atoms with E-state index >= 15 is 0 Å². The molecule has 1 aliphatic heterocycles. The molecule has 2 heterocycles. The standard InChI is InChI=1S/C13H22N4O.ClH/c1-10(2)8-15-13(18)12-5-7-17(16-12)11-4-3-6-14-9-11;/h5,7,10-11,14H,3-4,6,8-9H2,1-2H3,(H,15,18);1H. The van der Waals surface area contributed by atoms with Gasteiger partial charge in [0, 0.05) is 19.3 Å². The highest BCUT2D eigenvalue weighted by molar-refractivity contribution is 5.92. The van der Waals surface area contributed by atoms with E-state index in [4.69, 9.17) is 0 Å². The zero-order chi connectivity index (χ0) is 13.0. The molecule has 1 amide bonds. The van der Waals surface area contributed by atoms with Crippen molar-refractivity contribution < 1.29 is 4.79 Å². The molecule has 1 saturated heterocycles. The normalized spacial score (nSPS) is 19.0. The van der Waals surface area contributed by atoms with Crippen molar-refractivity contribution in [2.45, 2.75) is 32.7 Å². The van der Waals surface area contributed by atoms with Crippen LogP contribution in [0.3, 0.4) is 0 Å². The highest BCUT2D eigenvalue weighted by Crippen LogP contribution is 2.15. The van der Waals surface area contributed by atoms with Gasteiger partial charge in [0.1, 0.15) is 5.69 Å². The fraction of sp³-hybridized carbons (Fsp3) is 0.692. The number of amides is 1. The van der Waals surface area contributed by atoms with Crippen LogP contribution in [0.4, 0.5) is 0 Å². The second-order valence-corrected chi connectivity index (χ2v) is 5.29. The Balaban J connectivity index is 0.00000180. The van der Waals surface area contributed by atoms with E-state index in [9.17, 15) is 4.79 Å². The van der Waals surface area contributed by atoms with Gasteiger partial charge in [-0.15, -0.1) is 12.4 Å². The van der Waals surface area contributed by atoms with Crippen LogP contribution in [-0.2, 0) is 0 Å². The maximum absolute atomic E-state index is 11.8. The van der Waals surface area contributed by atoms with Gasteiger partial charge in [-0.3, -0.25) is 9.48 Å². The van der Waals surface area contributed by atoms with Crippen molar-refractivity contribution in [3.05, 3.63) is 18.0 Å². The average Bonchev–Trinajstić information content (AvgIpc) is 2.86. The predicted octanol–water partition coefficient (Wildman–Crippen LogP) is 1.62. The second kappa shape index (κ2) is 7.50. The lowest BCUT2D eigenvalue weighted by Gasteiger charge is -2.22. The van der Waals surface area contributed by atoms with Crippen LogP contribution in [-0.4, -0.2) is 35.3 Å². The Morgan fingerprint density at radius 3 is 3.05 bits per heavy atom. The zero-order valence-corrected chi connectivity index (χ0v) is 12.4. The molecule has 1 unspecified atom stereocenters. The number of carbonyl (C=O) groups is 1. The molecule has 0 aromatic carbocycles. The molecule has 1 atom stereocenters. The van der Waals surface area contributed by atoms with Gasteiger partial charge >= 0.3 is 0 Å². The van der Waals surface area contributed by atoms with Crippen molar-refractivity contribution in [1.29, 1.82) is 0 Å². The van der Waals surface area contributed by atoms with Gasteiger partial charge in [0.05, 0.1) is 6.04 Å². The molecular formula is C13H23ClN4O. The van der Waals surface area contributed by atoms with Gasteiger partial charge in [0.25, 0.3) is 5.91 Å². The Bertz CT molecular complexity index is 399. The second-order valence-electron chi connectivity index (χ2n) is 5.29. The number of halogens is 1. The third kappa shape index (κ3) is 4.51. The lowest BCUT2D eigenvalue weighted by molar-refractivity contribution is 0.0942. The number of rotatable bonds is 4. The van der Waals surface area contributed by atoms with Crippen molar-refractivity contribution in [1.82, 2.24) is 20.4 Å². The minimum absolute atomic E-state index is 0. The Hall–Kier alpha value is -1.07. The highest BCUT2D eigenvalue weighted by Gasteiger charge is 2.17. The molecule has 0 radical (unpaired) electrons. The Morgan fingerprint density at radius 1 is 1.63 bits per heavy atom. The molecule has 0 aliphatic carbocycles. The summed E-state index contributed by atoms with van der Waals surface area (Å²) in [5.41, 5.74) is 0.515. The highest BCUT2D eigenvalue weighted by atomic mass is 35.5. The summed E-state index contributed by atoms with van der Waals surface area (Å²) < 4.78 is 1.91. The molecule has 19 heavy (non-hydrogen) atoms. The van der Waals surface area contributed by atoms with Gasteiger partial charge in [0.15, 0.2) is 0 Å². The van der Waals surface area contributed by atoms with E-state index in [2.05, 4.69) is 29.6 Å².